The number of rotatable bonds is 4. The fraction of sp³-hybridized carbons (Fsp3) is 0.350. The van der Waals surface area contributed by atoms with Gasteiger partial charge in [-0.25, -0.2) is 8.78 Å². The van der Waals surface area contributed by atoms with Crippen molar-refractivity contribution in [2.75, 3.05) is 13.2 Å². The number of aliphatic hydroxyl groups excluding tert-OH is 1. The Hall–Kier alpha value is -1.83. The van der Waals surface area contributed by atoms with E-state index in [2.05, 4.69) is 21.2 Å². The standard InChI is InChI=1S/C20H20BrF2NO3/c1-12(26)24-20(17-9-15(21)4-7-18(17)23)11-27-19(8-14(20)10-25)13-2-5-16(22)6-3-13/h2-7,9,14,19,25H,8,10-11H2,1H3,(H,24,26)/t14-,19+,20-/m0/s1. The highest BCUT2D eigenvalue weighted by Crippen LogP contribution is 2.44. The molecule has 0 bridgehead atoms. The number of hydrogen-bond acceptors (Lipinski definition) is 3. The van der Waals surface area contributed by atoms with Crippen LogP contribution in [-0.4, -0.2) is 24.2 Å². The minimum atomic E-state index is -1.20. The normalized spacial score (nSPS) is 25.2. The third-order valence-electron chi connectivity index (χ3n) is 4.98. The maximum Gasteiger partial charge on any atom is 0.217 e. The number of aliphatic hydroxyl groups is 1. The highest BCUT2D eigenvalue weighted by atomic mass is 79.9. The Kier molecular flexibility index (Phi) is 5.93. The number of amides is 1. The summed E-state index contributed by atoms with van der Waals surface area (Å²) in [6, 6.07) is 10.4. The van der Waals surface area contributed by atoms with Crippen molar-refractivity contribution in [2.24, 2.45) is 5.92 Å². The van der Waals surface area contributed by atoms with E-state index in [4.69, 9.17) is 4.74 Å². The van der Waals surface area contributed by atoms with Gasteiger partial charge < -0.3 is 15.2 Å². The molecule has 2 N–H and O–H groups in total. The van der Waals surface area contributed by atoms with Crippen LogP contribution in [-0.2, 0) is 15.1 Å². The first-order chi connectivity index (χ1) is 12.9. The molecular formula is C20H20BrF2NO3. The Labute approximate surface area is 164 Å². The molecule has 1 fully saturated rings. The van der Waals surface area contributed by atoms with E-state index in [1.54, 1.807) is 24.3 Å². The zero-order valence-corrected chi connectivity index (χ0v) is 16.3. The van der Waals surface area contributed by atoms with Crippen molar-refractivity contribution in [2.45, 2.75) is 25.0 Å². The molecule has 27 heavy (non-hydrogen) atoms. The second kappa shape index (κ2) is 8.04. The van der Waals surface area contributed by atoms with Crippen molar-refractivity contribution in [3.63, 3.8) is 0 Å². The number of hydrogen-bond donors (Lipinski definition) is 2. The number of ether oxygens (including phenoxy) is 1. The van der Waals surface area contributed by atoms with Crippen molar-refractivity contribution >= 4 is 21.8 Å². The molecule has 2 aromatic rings. The lowest BCUT2D eigenvalue weighted by Gasteiger charge is -2.46. The maximum absolute atomic E-state index is 14.7. The van der Waals surface area contributed by atoms with Crippen LogP contribution in [0.1, 0.15) is 30.6 Å². The quantitative estimate of drug-likeness (QED) is 0.760. The first-order valence-electron chi connectivity index (χ1n) is 8.58. The van der Waals surface area contributed by atoms with E-state index in [1.807, 2.05) is 0 Å². The van der Waals surface area contributed by atoms with Crippen LogP contribution in [0.15, 0.2) is 46.9 Å². The molecule has 1 heterocycles. The van der Waals surface area contributed by atoms with Gasteiger partial charge in [0.2, 0.25) is 5.91 Å². The lowest BCUT2D eigenvalue weighted by atomic mass is 9.73. The van der Waals surface area contributed by atoms with E-state index < -0.39 is 17.3 Å². The molecule has 4 nitrogen and oxygen atoms in total. The average Bonchev–Trinajstić information content (AvgIpc) is 2.64. The van der Waals surface area contributed by atoms with E-state index >= 15 is 0 Å². The minimum absolute atomic E-state index is 0.0206. The molecule has 3 atom stereocenters. The van der Waals surface area contributed by atoms with Crippen molar-refractivity contribution in [3.05, 3.63) is 69.7 Å². The predicted molar refractivity (Wildman–Crippen MR) is 99.9 cm³/mol. The Morgan fingerprint density at radius 3 is 2.63 bits per heavy atom. The molecule has 0 aromatic heterocycles. The van der Waals surface area contributed by atoms with Crippen LogP contribution in [0.25, 0.3) is 0 Å². The molecular weight excluding hydrogens is 420 g/mol. The van der Waals surface area contributed by atoms with E-state index in [1.165, 1.54) is 25.1 Å². The van der Waals surface area contributed by atoms with Gasteiger partial charge in [0.15, 0.2) is 0 Å². The summed E-state index contributed by atoms with van der Waals surface area (Å²) >= 11 is 3.33. The summed E-state index contributed by atoms with van der Waals surface area (Å²) in [5.41, 5.74) is -0.185. The largest absolute Gasteiger partial charge is 0.396 e. The number of nitrogens with one attached hydrogen (secondary N) is 1. The predicted octanol–water partition coefficient (Wildman–Crippen LogP) is 3.83. The Bertz CT molecular complexity index is 830. The van der Waals surface area contributed by atoms with Gasteiger partial charge in [0.25, 0.3) is 0 Å². The molecule has 144 valence electrons. The maximum atomic E-state index is 14.7. The van der Waals surface area contributed by atoms with Gasteiger partial charge >= 0.3 is 0 Å². The Morgan fingerprint density at radius 1 is 1.30 bits per heavy atom. The summed E-state index contributed by atoms with van der Waals surface area (Å²) in [4.78, 5) is 11.9. The van der Waals surface area contributed by atoms with Crippen LogP contribution in [0.3, 0.4) is 0 Å². The molecule has 0 radical (unpaired) electrons. The zero-order chi connectivity index (χ0) is 19.6. The third kappa shape index (κ3) is 4.05. The lowest BCUT2D eigenvalue weighted by Crippen LogP contribution is -2.58. The highest BCUT2D eigenvalue weighted by molar-refractivity contribution is 9.10. The molecule has 0 aliphatic carbocycles. The average molecular weight is 440 g/mol. The fourth-order valence-electron chi connectivity index (χ4n) is 3.67. The van der Waals surface area contributed by atoms with Crippen molar-refractivity contribution in [1.82, 2.24) is 5.32 Å². The second-order valence-electron chi connectivity index (χ2n) is 6.74. The van der Waals surface area contributed by atoms with Crippen LogP contribution in [0.5, 0.6) is 0 Å². The highest BCUT2D eigenvalue weighted by Gasteiger charge is 2.48. The summed E-state index contributed by atoms with van der Waals surface area (Å²) < 4.78 is 34.5. The molecule has 0 unspecified atom stereocenters. The van der Waals surface area contributed by atoms with Crippen LogP contribution < -0.4 is 5.32 Å². The number of benzene rings is 2. The summed E-state index contributed by atoms with van der Waals surface area (Å²) in [6.45, 7) is 1.05. The van der Waals surface area contributed by atoms with Gasteiger partial charge in [-0.15, -0.1) is 0 Å². The number of halogens is 3. The van der Waals surface area contributed by atoms with Crippen LogP contribution in [0.4, 0.5) is 8.78 Å². The second-order valence-corrected chi connectivity index (χ2v) is 7.66. The van der Waals surface area contributed by atoms with E-state index in [0.29, 0.717) is 10.9 Å². The van der Waals surface area contributed by atoms with Gasteiger partial charge in [-0.05, 0) is 42.3 Å². The summed E-state index contributed by atoms with van der Waals surface area (Å²) in [5.74, 6) is -1.68. The van der Waals surface area contributed by atoms with Gasteiger partial charge in [0.1, 0.15) is 11.6 Å². The van der Waals surface area contributed by atoms with Gasteiger partial charge in [-0.2, -0.15) is 0 Å². The fourth-order valence-corrected chi connectivity index (χ4v) is 4.04. The molecule has 1 aliphatic heterocycles. The number of carbonyl (C=O) groups is 1. The van der Waals surface area contributed by atoms with Crippen LogP contribution in [0, 0.1) is 17.6 Å². The third-order valence-corrected chi connectivity index (χ3v) is 5.47. The van der Waals surface area contributed by atoms with Crippen molar-refractivity contribution < 1.29 is 23.4 Å². The lowest BCUT2D eigenvalue weighted by molar-refractivity contribution is -0.131. The summed E-state index contributed by atoms with van der Waals surface area (Å²) in [6.07, 6.45) is -0.0474. The first-order valence-corrected chi connectivity index (χ1v) is 9.37. The van der Waals surface area contributed by atoms with Gasteiger partial charge in [-0.1, -0.05) is 28.1 Å². The molecule has 1 aliphatic rings. The summed E-state index contributed by atoms with van der Waals surface area (Å²) in [7, 11) is 0. The smallest absolute Gasteiger partial charge is 0.217 e. The Morgan fingerprint density at radius 2 is 2.00 bits per heavy atom. The molecule has 1 saturated heterocycles. The molecule has 0 saturated carbocycles. The van der Waals surface area contributed by atoms with Crippen molar-refractivity contribution in [3.8, 4) is 0 Å². The van der Waals surface area contributed by atoms with Crippen LogP contribution in [0.2, 0.25) is 0 Å². The van der Waals surface area contributed by atoms with E-state index in [9.17, 15) is 18.7 Å². The summed E-state index contributed by atoms with van der Waals surface area (Å²) in [5, 5.41) is 12.9. The molecule has 2 aromatic carbocycles. The minimum Gasteiger partial charge on any atom is -0.396 e. The Balaban J connectivity index is 2.00. The molecule has 0 spiro atoms. The SMILES string of the molecule is CC(=O)N[C@@]1(c2cc(Br)ccc2F)CO[C@@H](c2ccc(F)cc2)C[C@H]1CO. The topological polar surface area (TPSA) is 58.6 Å². The van der Waals surface area contributed by atoms with E-state index in [-0.39, 0.29) is 36.6 Å². The van der Waals surface area contributed by atoms with E-state index in [0.717, 1.165) is 5.56 Å². The molecule has 3 rings (SSSR count). The molecule has 1 amide bonds. The van der Waals surface area contributed by atoms with Gasteiger partial charge in [0, 0.05) is 29.5 Å². The monoisotopic (exact) mass is 439 g/mol. The zero-order valence-electron chi connectivity index (χ0n) is 14.7. The van der Waals surface area contributed by atoms with Crippen molar-refractivity contribution in [1.29, 1.82) is 0 Å². The first kappa shape index (κ1) is 19.9. The van der Waals surface area contributed by atoms with Crippen LogP contribution >= 0.6 is 15.9 Å². The molecule has 7 heteroatoms. The number of carbonyl (C=O) groups excluding carboxylic acids is 1. The van der Waals surface area contributed by atoms with Gasteiger partial charge in [-0.3, -0.25) is 4.79 Å². The van der Waals surface area contributed by atoms with Gasteiger partial charge in [0.05, 0.1) is 18.2 Å².